The molecule has 0 saturated carbocycles. The molecule has 0 spiro atoms. The van der Waals surface area contributed by atoms with Crippen LogP contribution in [0.5, 0.6) is 23.0 Å². The summed E-state index contributed by atoms with van der Waals surface area (Å²) in [6.07, 6.45) is -4.75. The van der Waals surface area contributed by atoms with Crippen LogP contribution < -0.4 is 14.8 Å². The molecule has 3 aromatic carbocycles. The number of alkyl halides is 3. The highest BCUT2D eigenvalue weighted by Crippen LogP contribution is 2.28. The molecule has 0 bridgehead atoms. The van der Waals surface area contributed by atoms with Crippen LogP contribution in [0.25, 0.3) is 0 Å². The first-order chi connectivity index (χ1) is 13.3. The lowest BCUT2D eigenvalue weighted by Crippen LogP contribution is -2.16. The van der Waals surface area contributed by atoms with Crippen molar-refractivity contribution < 1.29 is 32.5 Å². The van der Waals surface area contributed by atoms with E-state index < -0.39 is 12.3 Å². The third-order valence-electron chi connectivity index (χ3n) is 3.55. The third-order valence-corrected chi connectivity index (χ3v) is 3.55. The highest BCUT2D eigenvalue weighted by molar-refractivity contribution is 6.06. The van der Waals surface area contributed by atoms with Gasteiger partial charge in [-0.2, -0.15) is 0 Å². The van der Waals surface area contributed by atoms with E-state index >= 15 is 0 Å². The quantitative estimate of drug-likeness (QED) is 0.619. The molecular weight excluding hydrogens is 375 g/mol. The van der Waals surface area contributed by atoms with Crippen LogP contribution in [0.2, 0.25) is 0 Å². The zero-order valence-electron chi connectivity index (χ0n) is 14.2. The summed E-state index contributed by atoms with van der Waals surface area (Å²) >= 11 is 0. The number of carbonyl (C=O) groups excluding carboxylic acids is 1. The molecule has 8 heteroatoms. The standard InChI is InChI=1S/C20H14F3NO4/c21-20(22,23)28-16-11-9-15(10-12-16)27-14-7-5-13(6-8-14)24-19(26)17-3-1-2-4-18(17)25/h1-12,25H,(H,24,26). The molecule has 2 N–H and O–H groups in total. The average Bonchev–Trinajstić information content (AvgIpc) is 2.64. The number of amides is 1. The van der Waals surface area contributed by atoms with Gasteiger partial charge in [0.25, 0.3) is 5.91 Å². The second-order valence-corrected chi connectivity index (χ2v) is 5.62. The van der Waals surface area contributed by atoms with Gasteiger partial charge in [-0.05, 0) is 60.7 Å². The number of carbonyl (C=O) groups is 1. The van der Waals surface area contributed by atoms with Crippen LogP contribution in [0.3, 0.4) is 0 Å². The third kappa shape index (κ3) is 5.16. The summed E-state index contributed by atoms with van der Waals surface area (Å²) in [4.78, 5) is 12.1. The largest absolute Gasteiger partial charge is 0.573 e. The van der Waals surface area contributed by atoms with E-state index in [1.54, 1.807) is 36.4 Å². The maximum Gasteiger partial charge on any atom is 0.573 e. The lowest BCUT2D eigenvalue weighted by molar-refractivity contribution is -0.274. The summed E-state index contributed by atoms with van der Waals surface area (Å²) in [5.74, 6) is -0.197. The van der Waals surface area contributed by atoms with Crippen LogP contribution in [0.4, 0.5) is 18.9 Å². The zero-order valence-corrected chi connectivity index (χ0v) is 14.2. The van der Waals surface area contributed by atoms with E-state index in [-0.39, 0.29) is 17.1 Å². The van der Waals surface area contributed by atoms with E-state index in [4.69, 9.17) is 4.74 Å². The Kier molecular flexibility index (Phi) is 5.39. The van der Waals surface area contributed by atoms with E-state index in [1.165, 1.54) is 24.3 Å². The van der Waals surface area contributed by atoms with Crippen molar-refractivity contribution in [2.75, 3.05) is 5.32 Å². The maximum absolute atomic E-state index is 12.2. The Hall–Kier alpha value is -3.68. The molecule has 0 aliphatic carbocycles. The fraction of sp³-hybridized carbons (Fsp3) is 0.0500. The summed E-state index contributed by atoms with van der Waals surface area (Å²) in [5.41, 5.74) is 0.624. The number of anilines is 1. The molecule has 1 amide bonds. The molecule has 0 atom stereocenters. The molecule has 0 aliphatic rings. The highest BCUT2D eigenvalue weighted by atomic mass is 19.4. The second-order valence-electron chi connectivity index (χ2n) is 5.62. The van der Waals surface area contributed by atoms with Gasteiger partial charge in [0.15, 0.2) is 0 Å². The number of ether oxygens (including phenoxy) is 2. The van der Waals surface area contributed by atoms with Gasteiger partial charge in [0, 0.05) is 5.69 Å². The van der Waals surface area contributed by atoms with Gasteiger partial charge in [-0.3, -0.25) is 4.79 Å². The Morgan fingerprint density at radius 3 is 1.93 bits per heavy atom. The SMILES string of the molecule is O=C(Nc1ccc(Oc2ccc(OC(F)(F)F)cc2)cc1)c1ccccc1O. The Bertz CT molecular complexity index is 954. The molecule has 28 heavy (non-hydrogen) atoms. The Morgan fingerprint density at radius 1 is 0.821 bits per heavy atom. The lowest BCUT2D eigenvalue weighted by atomic mass is 10.2. The molecule has 0 unspecified atom stereocenters. The van der Waals surface area contributed by atoms with Crippen LogP contribution in [0.15, 0.2) is 72.8 Å². The summed E-state index contributed by atoms with van der Waals surface area (Å²) in [7, 11) is 0. The second kappa shape index (κ2) is 7.91. The van der Waals surface area contributed by atoms with Crippen molar-refractivity contribution in [3.05, 3.63) is 78.4 Å². The monoisotopic (exact) mass is 389 g/mol. The minimum absolute atomic E-state index is 0.127. The predicted molar refractivity (Wildman–Crippen MR) is 95.7 cm³/mol. The average molecular weight is 389 g/mol. The number of halogens is 3. The highest BCUT2D eigenvalue weighted by Gasteiger charge is 2.30. The molecule has 0 saturated heterocycles. The summed E-state index contributed by atoms with van der Waals surface area (Å²) in [6.45, 7) is 0. The van der Waals surface area contributed by atoms with Gasteiger partial charge in [-0.25, -0.2) is 0 Å². The minimum atomic E-state index is -4.75. The molecule has 0 aromatic heterocycles. The van der Waals surface area contributed by atoms with Gasteiger partial charge in [-0.1, -0.05) is 12.1 Å². The van der Waals surface area contributed by atoms with Gasteiger partial charge < -0.3 is 19.9 Å². The van der Waals surface area contributed by atoms with Gasteiger partial charge in [0.1, 0.15) is 23.0 Å². The molecule has 3 rings (SSSR count). The number of benzene rings is 3. The fourth-order valence-electron chi connectivity index (χ4n) is 2.32. The number of phenolic OH excluding ortho intramolecular Hbond substituents is 1. The topological polar surface area (TPSA) is 67.8 Å². The van der Waals surface area contributed by atoms with Crippen molar-refractivity contribution in [3.63, 3.8) is 0 Å². The van der Waals surface area contributed by atoms with E-state index in [0.29, 0.717) is 17.2 Å². The van der Waals surface area contributed by atoms with Crippen molar-refractivity contribution in [1.82, 2.24) is 0 Å². The van der Waals surface area contributed by atoms with Crippen LogP contribution in [0.1, 0.15) is 10.4 Å². The Labute approximate surface area is 158 Å². The molecule has 0 heterocycles. The first kappa shape index (κ1) is 19.1. The van der Waals surface area contributed by atoms with Gasteiger partial charge in [-0.15, -0.1) is 13.2 Å². The van der Waals surface area contributed by atoms with Crippen molar-refractivity contribution >= 4 is 11.6 Å². The van der Waals surface area contributed by atoms with Crippen LogP contribution in [-0.4, -0.2) is 17.4 Å². The van der Waals surface area contributed by atoms with Crippen molar-refractivity contribution in [2.45, 2.75) is 6.36 Å². The van der Waals surface area contributed by atoms with Crippen molar-refractivity contribution in [2.24, 2.45) is 0 Å². The van der Waals surface area contributed by atoms with E-state index in [9.17, 15) is 23.1 Å². The summed E-state index contributed by atoms with van der Waals surface area (Å²) < 4.78 is 45.8. The maximum atomic E-state index is 12.2. The van der Waals surface area contributed by atoms with Crippen molar-refractivity contribution in [1.29, 1.82) is 0 Å². The lowest BCUT2D eigenvalue weighted by Gasteiger charge is -2.11. The fourth-order valence-corrected chi connectivity index (χ4v) is 2.32. The Balaban J connectivity index is 1.61. The molecule has 5 nitrogen and oxygen atoms in total. The van der Waals surface area contributed by atoms with Gasteiger partial charge >= 0.3 is 6.36 Å². The smallest absolute Gasteiger partial charge is 0.507 e. The number of phenols is 1. The van der Waals surface area contributed by atoms with Gasteiger partial charge in [0.2, 0.25) is 0 Å². The van der Waals surface area contributed by atoms with Crippen LogP contribution >= 0.6 is 0 Å². The first-order valence-electron chi connectivity index (χ1n) is 8.03. The number of hydrogen-bond acceptors (Lipinski definition) is 4. The summed E-state index contributed by atoms with van der Waals surface area (Å²) in [6, 6.07) is 17.5. The van der Waals surface area contributed by atoms with E-state index in [0.717, 1.165) is 12.1 Å². The van der Waals surface area contributed by atoms with Crippen molar-refractivity contribution in [3.8, 4) is 23.0 Å². The molecule has 3 aromatic rings. The van der Waals surface area contributed by atoms with E-state index in [1.807, 2.05) is 0 Å². The number of nitrogens with one attached hydrogen (secondary N) is 1. The zero-order chi connectivity index (χ0) is 20.1. The number of aromatic hydroxyl groups is 1. The number of hydrogen-bond donors (Lipinski definition) is 2. The number of para-hydroxylation sites is 1. The molecule has 0 fully saturated rings. The van der Waals surface area contributed by atoms with Gasteiger partial charge in [0.05, 0.1) is 5.56 Å². The van der Waals surface area contributed by atoms with E-state index in [2.05, 4.69) is 10.1 Å². The van der Waals surface area contributed by atoms with Crippen LogP contribution in [0, 0.1) is 0 Å². The molecular formula is C20H14F3NO4. The Morgan fingerprint density at radius 2 is 1.36 bits per heavy atom. The molecule has 144 valence electrons. The number of rotatable bonds is 5. The summed E-state index contributed by atoms with van der Waals surface area (Å²) in [5, 5.41) is 12.3. The minimum Gasteiger partial charge on any atom is -0.507 e. The normalized spacial score (nSPS) is 11.0. The molecule has 0 aliphatic heterocycles. The molecule has 0 radical (unpaired) electrons. The first-order valence-corrected chi connectivity index (χ1v) is 8.03. The van der Waals surface area contributed by atoms with Crippen LogP contribution in [-0.2, 0) is 0 Å². The predicted octanol–water partition coefficient (Wildman–Crippen LogP) is 5.34.